The second-order valence-electron chi connectivity index (χ2n) is 4.67. The van der Waals surface area contributed by atoms with Gasteiger partial charge in [0.05, 0.1) is 19.2 Å². The van der Waals surface area contributed by atoms with Crippen molar-refractivity contribution in [3.05, 3.63) is 65.7 Å². The van der Waals surface area contributed by atoms with Crippen LogP contribution in [-0.4, -0.2) is 13.2 Å². The van der Waals surface area contributed by atoms with E-state index in [1.54, 1.807) is 7.11 Å². The zero-order valence-corrected chi connectivity index (χ0v) is 11.8. The lowest BCUT2D eigenvalue weighted by molar-refractivity contribution is 0.414. The molecule has 2 unspecified atom stereocenters. The molecule has 2 atom stereocenters. The molecular weight excluding hydrogens is 246 g/mol. The van der Waals surface area contributed by atoms with E-state index in [9.17, 15) is 0 Å². The van der Waals surface area contributed by atoms with Crippen LogP contribution in [0.1, 0.15) is 24.1 Å². The molecular formula is C18H19NO. The van der Waals surface area contributed by atoms with Gasteiger partial charge in [-0.25, -0.2) is 0 Å². The van der Waals surface area contributed by atoms with Gasteiger partial charge in [0.25, 0.3) is 0 Å². The maximum absolute atomic E-state index is 5.49. The summed E-state index contributed by atoms with van der Waals surface area (Å²) in [6.45, 7) is 1.99. The summed E-state index contributed by atoms with van der Waals surface area (Å²) in [4.78, 5) is 0. The molecule has 1 N–H and O–H groups in total. The summed E-state index contributed by atoms with van der Waals surface area (Å²) < 4.78 is 5.20. The van der Waals surface area contributed by atoms with Crippen LogP contribution in [0.5, 0.6) is 5.75 Å². The quantitative estimate of drug-likeness (QED) is 0.837. The minimum atomic E-state index is 0.00214. The summed E-state index contributed by atoms with van der Waals surface area (Å²) in [6.07, 6.45) is 5.49. The van der Waals surface area contributed by atoms with Gasteiger partial charge in [-0.3, -0.25) is 5.32 Å². The van der Waals surface area contributed by atoms with Gasteiger partial charge in [-0.05, 0) is 30.2 Å². The highest BCUT2D eigenvalue weighted by Gasteiger charge is 2.15. The first-order chi connectivity index (χ1) is 9.74. The maximum atomic E-state index is 5.49. The highest BCUT2D eigenvalue weighted by atomic mass is 16.5. The Morgan fingerprint density at radius 1 is 1.00 bits per heavy atom. The topological polar surface area (TPSA) is 21.3 Å². The van der Waals surface area contributed by atoms with Crippen LogP contribution in [-0.2, 0) is 0 Å². The third-order valence-corrected chi connectivity index (χ3v) is 3.25. The predicted octanol–water partition coefficient (Wildman–Crippen LogP) is 3.40. The molecule has 0 amide bonds. The lowest BCUT2D eigenvalue weighted by atomic mass is 9.98. The Kier molecular flexibility index (Phi) is 4.81. The Labute approximate surface area is 120 Å². The average Bonchev–Trinajstić information content (AvgIpc) is 2.53. The molecule has 0 fully saturated rings. The van der Waals surface area contributed by atoms with Crippen molar-refractivity contribution < 1.29 is 4.74 Å². The predicted molar refractivity (Wildman–Crippen MR) is 82.7 cm³/mol. The van der Waals surface area contributed by atoms with E-state index in [0.717, 1.165) is 5.75 Å². The summed E-state index contributed by atoms with van der Waals surface area (Å²) in [5.74, 6) is 3.57. The molecule has 0 saturated carbocycles. The van der Waals surface area contributed by atoms with Crippen LogP contribution in [0, 0.1) is 12.3 Å². The normalized spacial score (nSPS) is 13.2. The van der Waals surface area contributed by atoms with Crippen LogP contribution in [0.25, 0.3) is 0 Å². The number of terminal acetylenes is 1. The largest absolute Gasteiger partial charge is 0.497 e. The lowest BCUT2D eigenvalue weighted by Gasteiger charge is -2.22. The average molecular weight is 265 g/mol. The first kappa shape index (κ1) is 14.2. The molecule has 2 rings (SSSR count). The Bertz CT molecular complexity index is 569. The molecule has 0 radical (unpaired) electrons. The van der Waals surface area contributed by atoms with Gasteiger partial charge >= 0.3 is 0 Å². The number of hydrogen-bond acceptors (Lipinski definition) is 2. The molecule has 0 spiro atoms. The molecule has 2 aromatic rings. The molecule has 2 heteroatoms. The van der Waals surface area contributed by atoms with Gasteiger partial charge in [0.15, 0.2) is 0 Å². The van der Waals surface area contributed by atoms with Crippen molar-refractivity contribution in [1.29, 1.82) is 0 Å². The van der Waals surface area contributed by atoms with Gasteiger partial charge in [0, 0.05) is 0 Å². The number of nitrogens with one attached hydrogen (secondary N) is 1. The van der Waals surface area contributed by atoms with Gasteiger partial charge in [0.1, 0.15) is 5.75 Å². The number of rotatable bonds is 5. The van der Waals surface area contributed by atoms with E-state index >= 15 is 0 Å². The van der Waals surface area contributed by atoms with Crippen molar-refractivity contribution in [1.82, 2.24) is 5.32 Å². The highest BCUT2D eigenvalue weighted by molar-refractivity contribution is 5.35. The SMILES string of the molecule is C#CC(C)NC(c1ccccc1)c1ccc(OC)cc1. The molecule has 0 aliphatic carbocycles. The summed E-state index contributed by atoms with van der Waals surface area (Å²) in [7, 11) is 1.67. The van der Waals surface area contributed by atoms with Crippen LogP contribution in [0.2, 0.25) is 0 Å². The standard InChI is InChI=1S/C18H19NO/c1-4-14(2)19-18(15-8-6-5-7-9-15)16-10-12-17(20-3)13-11-16/h1,5-14,18-19H,2-3H3. The van der Waals surface area contributed by atoms with Crippen molar-refractivity contribution in [3.63, 3.8) is 0 Å². The molecule has 0 aliphatic rings. The molecule has 102 valence electrons. The summed E-state index contributed by atoms with van der Waals surface area (Å²) >= 11 is 0. The molecule has 2 aromatic carbocycles. The zero-order valence-electron chi connectivity index (χ0n) is 11.8. The van der Waals surface area contributed by atoms with Gasteiger partial charge in [-0.1, -0.05) is 48.4 Å². The van der Waals surface area contributed by atoms with Crippen molar-refractivity contribution in [2.24, 2.45) is 0 Å². The van der Waals surface area contributed by atoms with Gasteiger partial charge in [0.2, 0.25) is 0 Å². The third kappa shape index (κ3) is 3.40. The second-order valence-corrected chi connectivity index (χ2v) is 4.67. The second kappa shape index (κ2) is 6.79. The highest BCUT2D eigenvalue weighted by Crippen LogP contribution is 2.24. The number of methoxy groups -OCH3 is 1. The number of ether oxygens (including phenoxy) is 1. The van der Waals surface area contributed by atoms with E-state index in [1.165, 1.54) is 11.1 Å². The monoisotopic (exact) mass is 265 g/mol. The number of benzene rings is 2. The molecule has 0 aromatic heterocycles. The minimum absolute atomic E-state index is 0.00214. The molecule has 2 nitrogen and oxygen atoms in total. The van der Waals surface area contributed by atoms with Crippen molar-refractivity contribution in [3.8, 4) is 18.1 Å². The molecule has 0 aliphatic heterocycles. The summed E-state index contributed by atoms with van der Waals surface area (Å²) in [6, 6.07) is 18.4. The fourth-order valence-corrected chi connectivity index (χ4v) is 2.12. The Balaban J connectivity index is 2.33. The van der Waals surface area contributed by atoms with Gasteiger partial charge < -0.3 is 4.74 Å². The van der Waals surface area contributed by atoms with Crippen LogP contribution in [0.15, 0.2) is 54.6 Å². The van der Waals surface area contributed by atoms with E-state index in [2.05, 4.69) is 35.5 Å². The van der Waals surface area contributed by atoms with Crippen molar-refractivity contribution in [2.45, 2.75) is 19.0 Å². The fraction of sp³-hybridized carbons (Fsp3) is 0.222. The Morgan fingerprint density at radius 3 is 2.15 bits per heavy atom. The summed E-state index contributed by atoms with van der Waals surface area (Å²) in [5.41, 5.74) is 2.36. The Hall–Kier alpha value is -2.24. The number of hydrogen-bond donors (Lipinski definition) is 1. The van der Waals surface area contributed by atoms with Crippen LogP contribution in [0.4, 0.5) is 0 Å². The third-order valence-electron chi connectivity index (χ3n) is 3.25. The molecule has 0 bridgehead atoms. The molecule has 0 heterocycles. The fourth-order valence-electron chi connectivity index (χ4n) is 2.12. The minimum Gasteiger partial charge on any atom is -0.497 e. The first-order valence-electron chi connectivity index (χ1n) is 6.65. The molecule has 20 heavy (non-hydrogen) atoms. The summed E-state index contributed by atoms with van der Waals surface area (Å²) in [5, 5.41) is 3.46. The van der Waals surface area contributed by atoms with Crippen molar-refractivity contribution in [2.75, 3.05) is 7.11 Å². The first-order valence-corrected chi connectivity index (χ1v) is 6.65. The molecule has 0 saturated heterocycles. The Morgan fingerprint density at radius 2 is 1.60 bits per heavy atom. The van der Waals surface area contributed by atoms with Gasteiger partial charge in [-0.2, -0.15) is 0 Å². The van der Waals surface area contributed by atoms with E-state index in [-0.39, 0.29) is 12.1 Å². The zero-order chi connectivity index (χ0) is 14.4. The lowest BCUT2D eigenvalue weighted by Crippen LogP contribution is -2.30. The van der Waals surface area contributed by atoms with Crippen LogP contribution < -0.4 is 10.1 Å². The van der Waals surface area contributed by atoms with E-state index in [0.29, 0.717) is 0 Å². The maximum Gasteiger partial charge on any atom is 0.118 e. The van der Waals surface area contributed by atoms with Gasteiger partial charge in [-0.15, -0.1) is 6.42 Å². The smallest absolute Gasteiger partial charge is 0.118 e. The van der Waals surface area contributed by atoms with E-state index in [4.69, 9.17) is 11.2 Å². The van der Waals surface area contributed by atoms with Crippen LogP contribution in [0.3, 0.4) is 0 Å². The van der Waals surface area contributed by atoms with E-state index in [1.807, 2.05) is 37.3 Å². The van der Waals surface area contributed by atoms with E-state index < -0.39 is 0 Å². The van der Waals surface area contributed by atoms with Crippen molar-refractivity contribution >= 4 is 0 Å². The van der Waals surface area contributed by atoms with Crippen LogP contribution >= 0.6 is 0 Å².